The highest BCUT2D eigenvalue weighted by Gasteiger charge is 2.20. The standard InChI is InChI=1S/C11H23BrO2S/c1-11(2,3)10(12)8-6-5-7-9-15(4,13)14/h10H,5-9H2,1-4H3. The quantitative estimate of drug-likeness (QED) is 0.556. The molecule has 4 heteroatoms. The number of alkyl halides is 1. The Morgan fingerprint density at radius 1 is 1.13 bits per heavy atom. The van der Waals surface area contributed by atoms with Gasteiger partial charge in [-0.15, -0.1) is 0 Å². The Hall–Kier alpha value is 0.430. The first-order valence-electron chi connectivity index (χ1n) is 5.45. The SMILES string of the molecule is CC(C)(C)C(Br)CCCCCS(C)(=O)=O. The van der Waals surface area contributed by atoms with Gasteiger partial charge in [0.15, 0.2) is 0 Å². The van der Waals surface area contributed by atoms with Crippen molar-refractivity contribution in [2.75, 3.05) is 12.0 Å². The predicted molar refractivity (Wildman–Crippen MR) is 70.3 cm³/mol. The van der Waals surface area contributed by atoms with Crippen LogP contribution in [0.25, 0.3) is 0 Å². The molecule has 0 bridgehead atoms. The third-order valence-corrected chi connectivity index (χ3v) is 5.27. The zero-order valence-electron chi connectivity index (χ0n) is 10.2. The van der Waals surface area contributed by atoms with Crippen molar-refractivity contribution in [3.8, 4) is 0 Å². The molecule has 0 aromatic carbocycles. The highest BCUT2D eigenvalue weighted by atomic mass is 79.9. The Labute approximate surface area is 103 Å². The molecule has 0 aromatic rings. The van der Waals surface area contributed by atoms with Gasteiger partial charge in [0.2, 0.25) is 0 Å². The molecule has 92 valence electrons. The maximum Gasteiger partial charge on any atom is 0.147 e. The Balaban J connectivity index is 3.56. The first kappa shape index (κ1) is 15.4. The van der Waals surface area contributed by atoms with Crippen LogP contribution in [0.2, 0.25) is 0 Å². The molecule has 0 amide bonds. The average molecular weight is 299 g/mol. The van der Waals surface area contributed by atoms with Gasteiger partial charge >= 0.3 is 0 Å². The highest BCUT2D eigenvalue weighted by Crippen LogP contribution is 2.30. The first-order chi connectivity index (χ1) is 6.63. The zero-order valence-corrected chi connectivity index (χ0v) is 12.6. The molecule has 1 unspecified atom stereocenters. The van der Waals surface area contributed by atoms with Gasteiger partial charge in [0, 0.05) is 16.8 Å². The van der Waals surface area contributed by atoms with E-state index < -0.39 is 9.84 Å². The number of hydrogen-bond donors (Lipinski definition) is 0. The molecule has 2 nitrogen and oxygen atoms in total. The lowest BCUT2D eigenvalue weighted by atomic mass is 9.89. The lowest BCUT2D eigenvalue weighted by molar-refractivity contribution is 0.377. The second kappa shape index (κ2) is 6.24. The van der Waals surface area contributed by atoms with Crippen molar-refractivity contribution >= 4 is 25.8 Å². The van der Waals surface area contributed by atoms with Gasteiger partial charge in [-0.1, -0.05) is 49.5 Å². The summed E-state index contributed by atoms with van der Waals surface area (Å²) in [5.41, 5.74) is 0.289. The van der Waals surface area contributed by atoms with E-state index in [4.69, 9.17) is 0 Å². The summed E-state index contributed by atoms with van der Waals surface area (Å²) in [6.45, 7) is 6.63. The molecule has 0 saturated carbocycles. The molecule has 0 radical (unpaired) electrons. The van der Waals surface area contributed by atoms with E-state index in [1.165, 1.54) is 6.26 Å². The molecule has 1 atom stereocenters. The lowest BCUT2D eigenvalue weighted by Gasteiger charge is -2.25. The van der Waals surface area contributed by atoms with E-state index in [1.54, 1.807) is 0 Å². The van der Waals surface area contributed by atoms with Crippen LogP contribution in [0.4, 0.5) is 0 Å². The zero-order chi connectivity index (χ0) is 12.1. The van der Waals surface area contributed by atoms with Crippen LogP contribution in [-0.4, -0.2) is 25.3 Å². The summed E-state index contributed by atoms with van der Waals surface area (Å²) in [5.74, 6) is 0.329. The van der Waals surface area contributed by atoms with Gasteiger partial charge in [-0.25, -0.2) is 8.42 Å². The van der Waals surface area contributed by atoms with Crippen molar-refractivity contribution in [2.24, 2.45) is 5.41 Å². The van der Waals surface area contributed by atoms with E-state index in [2.05, 4.69) is 36.7 Å². The molecule has 0 aromatic heterocycles. The Kier molecular flexibility index (Phi) is 6.41. The third kappa shape index (κ3) is 9.36. The van der Waals surface area contributed by atoms with Crippen molar-refractivity contribution in [1.82, 2.24) is 0 Å². The average Bonchev–Trinajstić information content (AvgIpc) is 1.99. The normalized spacial score (nSPS) is 15.3. The number of unbranched alkanes of at least 4 members (excludes halogenated alkanes) is 2. The van der Waals surface area contributed by atoms with Gasteiger partial charge in [-0.3, -0.25) is 0 Å². The van der Waals surface area contributed by atoms with Gasteiger partial charge in [0.05, 0.1) is 0 Å². The summed E-state index contributed by atoms with van der Waals surface area (Å²) < 4.78 is 21.8. The molecule has 15 heavy (non-hydrogen) atoms. The van der Waals surface area contributed by atoms with Crippen LogP contribution in [0.1, 0.15) is 46.5 Å². The topological polar surface area (TPSA) is 34.1 Å². The molecule has 0 aliphatic rings. The fourth-order valence-corrected chi connectivity index (χ4v) is 2.35. The van der Waals surface area contributed by atoms with Crippen molar-refractivity contribution in [1.29, 1.82) is 0 Å². The Bertz CT molecular complexity index is 265. The first-order valence-corrected chi connectivity index (χ1v) is 8.42. The van der Waals surface area contributed by atoms with Crippen LogP contribution in [0.5, 0.6) is 0 Å². The molecule has 0 saturated heterocycles. The minimum absolute atomic E-state index is 0.289. The van der Waals surface area contributed by atoms with E-state index in [0.717, 1.165) is 25.7 Å². The van der Waals surface area contributed by atoms with Gasteiger partial charge in [-0.05, 0) is 18.3 Å². The smallest absolute Gasteiger partial charge is 0.147 e. The molecular weight excluding hydrogens is 276 g/mol. The van der Waals surface area contributed by atoms with Gasteiger partial charge in [0.25, 0.3) is 0 Å². The molecule has 0 fully saturated rings. The number of hydrogen-bond acceptors (Lipinski definition) is 2. The molecule has 0 N–H and O–H groups in total. The monoisotopic (exact) mass is 298 g/mol. The number of halogens is 1. The minimum atomic E-state index is -2.76. The summed E-state index contributed by atoms with van der Waals surface area (Å²) in [6.07, 6.45) is 5.32. The van der Waals surface area contributed by atoms with E-state index in [0.29, 0.717) is 10.6 Å². The van der Waals surface area contributed by atoms with E-state index >= 15 is 0 Å². The lowest BCUT2D eigenvalue weighted by Crippen LogP contribution is -2.19. The number of sulfone groups is 1. The Morgan fingerprint density at radius 2 is 1.67 bits per heavy atom. The van der Waals surface area contributed by atoms with Crippen molar-refractivity contribution in [3.05, 3.63) is 0 Å². The van der Waals surface area contributed by atoms with Crippen LogP contribution in [0.3, 0.4) is 0 Å². The molecule has 0 rings (SSSR count). The summed E-state index contributed by atoms with van der Waals surface area (Å²) in [6, 6.07) is 0. The maximum absolute atomic E-state index is 10.9. The van der Waals surface area contributed by atoms with Crippen LogP contribution < -0.4 is 0 Å². The van der Waals surface area contributed by atoms with Gasteiger partial charge in [0.1, 0.15) is 9.84 Å². The van der Waals surface area contributed by atoms with Crippen molar-refractivity contribution in [2.45, 2.75) is 51.3 Å². The largest absolute Gasteiger partial charge is 0.229 e. The van der Waals surface area contributed by atoms with Gasteiger partial charge < -0.3 is 0 Å². The molecule has 0 heterocycles. The summed E-state index contributed by atoms with van der Waals surface area (Å²) in [5, 5.41) is 0. The molecule has 0 aliphatic heterocycles. The Morgan fingerprint density at radius 3 is 2.07 bits per heavy atom. The van der Waals surface area contributed by atoms with Crippen LogP contribution >= 0.6 is 15.9 Å². The molecular formula is C11H23BrO2S. The summed E-state index contributed by atoms with van der Waals surface area (Å²) >= 11 is 3.67. The summed E-state index contributed by atoms with van der Waals surface area (Å²) in [7, 11) is -2.76. The van der Waals surface area contributed by atoms with E-state index in [1.807, 2.05) is 0 Å². The van der Waals surface area contributed by atoms with E-state index in [9.17, 15) is 8.42 Å². The van der Waals surface area contributed by atoms with Crippen molar-refractivity contribution in [3.63, 3.8) is 0 Å². The second-order valence-electron chi connectivity index (χ2n) is 5.31. The second-order valence-corrected chi connectivity index (χ2v) is 8.68. The predicted octanol–water partition coefficient (Wildman–Crippen LogP) is 3.40. The third-order valence-electron chi connectivity index (χ3n) is 2.41. The number of rotatable bonds is 6. The van der Waals surface area contributed by atoms with Crippen molar-refractivity contribution < 1.29 is 8.42 Å². The highest BCUT2D eigenvalue weighted by molar-refractivity contribution is 9.09. The van der Waals surface area contributed by atoms with Crippen LogP contribution in [0.15, 0.2) is 0 Å². The van der Waals surface area contributed by atoms with E-state index in [-0.39, 0.29) is 5.41 Å². The maximum atomic E-state index is 10.9. The molecule has 0 aliphatic carbocycles. The fourth-order valence-electron chi connectivity index (χ4n) is 1.30. The van der Waals surface area contributed by atoms with Gasteiger partial charge in [-0.2, -0.15) is 0 Å². The summed E-state index contributed by atoms with van der Waals surface area (Å²) in [4.78, 5) is 0.517. The van der Waals surface area contributed by atoms with Crippen LogP contribution in [0, 0.1) is 5.41 Å². The fraction of sp³-hybridized carbons (Fsp3) is 1.00. The minimum Gasteiger partial charge on any atom is -0.229 e. The van der Waals surface area contributed by atoms with Crippen LogP contribution in [-0.2, 0) is 9.84 Å². The molecule has 0 spiro atoms.